The number of aromatic nitrogens is 1. The van der Waals surface area contributed by atoms with Crippen LogP contribution in [-0.4, -0.2) is 43.6 Å². The Hall–Kier alpha value is -2.97. The van der Waals surface area contributed by atoms with Crippen LogP contribution in [0.4, 0.5) is 5.69 Å². The number of pyridine rings is 1. The number of benzene rings is 1. The second-order valence-electron chi connectivity index (χ2n) is 5.88. The molecule has 144 valence electrons. The van der Waals surface area contributed by atoms with Gasteiger partial charge in [-0.3, -0.25) is 14.6 Å². The smallest absolute Gasteiger partial charge is 0.269 e. The van der Waals surface area contributed by atoms with Crippen LogP contribution < -0.4 is 21.1 Å². The third kappa shape index (κ3) is 5.77. The average Bonchev–Trinajstić information content (AvgIpc) is 2.68. The number of hydrogen-bond acceptors (Lipinski definition) is 6. The van der Waals surface area contributed by atoms with Gasteiger partial charge in [-0.25, -0.2) is 0 Å². The van der Waals surface area contributed by atoms with Crippen molar-refractivity contribution in [3.05, 3.63) is 47.8 Å². The van der Waals surface area contributed by atoms with E-state index >= 15 is 0 Å². The number of nitrogens with one attached hydrogen (secondary N) is 2. The van der Waals surface area contributed by atoms with E-state index in [0.29, 0.717) is 17.2 Å². The van der Waals surface area contributed by atoms with Crippen molar-refractivity contribution >= 4 is 17.5 Å². The summed E-state index contributed by atoms with van der Waals surface area (Å²) in [5.41, 5.74) is 7.26. The number of carbonyl (C=O) groups is 2. The lowest BCUT2D eigenvalue weighted by molar-refractivity contribution is -0.118. The summed E-state index contributed by atoms with van der Waals surface area (Å²) >= 11 is 0. The van der Waals surface area contributed by atoms with E-state index in [2.05, 4.69) is 15.6 Å². The van der Waals surface area contributed by atoms with Gasteiger partial charge in [0.25, 0.3) is 5.91 Å². The Labute approximate surface area is 158 Å². The number of nitrogens with two attached hydrogens (primary N) is 1. The first-order valence-corrected chi connectivity index (χ1v) is 8.46. The Morgan fingerprint density at radius 3 is 2.70 bits per heavy atom. The number of carbonyl (C=O) groups excluding carboxylic acids is 2. The van der Waals surface area contributed by atoms with Gasteiger partial charge in [-0.05, 0) is 24.6 Å². The number of anilines is 1. The molecule has 1 aromatic heterocycles. The second kappa shape index (κ2) is 9.65. The van der Waals surface area contributed by atoms with Crippen molar-refractivity contribution in [2.24, 2.45) is 5.73 Å². The van der Waals surface area contributed by atoms with Gasteiger partial charge in [0.05, 0.1) is 12.5 Å². The first-order valence-electron chi connectivity index (χ1n) is 8.46. The highest BCUT2D eigenvalue weighted by Crippen LogP contribution is 2.28. The van der Waals surface area contributed by atoms with Crippen LogP contribution in [0.3, 0.4) is 0 Å². The van der Waals surface area contributed by atoms with Crippen LogP contribution in [0.15, 0.2) is 36.5 Å². The van der Waals surface area contributed by atoms with Crippen molar-refractivity contribution in [1.82, 2.24) is 10.3 Å². The predicted molar refractivity (Wildman–Crippen MR) is 102 cm³/mol. The lowest BCUT2D eigenvalue weighted by atomic mass is 10.2. The summed E-state index contributed by atoms with van der Waals surface area (Å²) in [6.45, 7) is 2.15. The lowest BCUT2D eigenvalue weighted by Crippen LogP contribution is -2.28. The van der Waals surface area contributed by atoms with Crippen LogP contribution >= 0.6 is 0 Å². The van der Waals surface area contributed by atoms with Crippen molar-refractivity contribution in [2.75, 3.05) is 26.0 Å². The molecule has 8 nitrogen and oxygen atoms in total. The highest BCUT2D eigenvalue weighted by Gasteiger charge is 2.13. The van der Waals surface area contributed by atoms with Crippen LogP contribution in [0.25, 0.3) is 0 Å². The summed E-state index contributed by atoms with van der Waals surface area (Å²) in [4.78, 5) is 27.8. The molecule has 0 bridgehead atoms. The van der Waals surface area contributed by atoms with Gasteiger partial charge >= 0.3 is 0 Å². The molecule has 4 N–H and O–H groups in total. The minimum absolute atomic E-state index is 0.164. The predicted octanol–water partition coefficient (Wildman–Crippen LogP) is 1.84. The van der Waals surface area contributed by atoms with Gasteiger partial charge in [-0.1, -0.05) is 6.07 Å². The van der Waals surface area contributed by atoms with Gasteiger partial charge in [-0.2, -0.15) is 0 Å². The van der Waals surface area contributed by atoms with Crippen LogP contribution in [0, 0.1) is 6.92 Å². The maximum absolute atomic E-state index is 12.1. The van der Waals surface area contributed by atoms with Gasteiger partial charge < -0.3 is 25.8 Å². The van der Waals surface area contributed by atoms with Gasteiger partial charge in [0.2, 0.25) is 5.91 Å². The molecule has 27 heavy (non-hydrogen) atoms. The first kappa shape index (κ1) is 20.3. The molecule has 0 fully saturated rings. The fourth-order valence-corrected chi connectivity index (χ4v) is 2.32. The van der Waals surface area contributed by atoms with Crippen molar-refractivity contribution < 1.29 is 19.1 Å². The third-order valence-corrected chi connectivity index (χ3v) is 3.90. The Morgan fingerprint density at radius 1 is 1.26 bits per heavy atom. The van der Waals surface area contributed by atoms with Crippen LogP contribution in [0.2, 0.25) is 0 Å². The molecule has 0 spiro atoms. The normalized spacial score (nSPS) is 11.6. The minimum Gasteiger partial charge on any atom is -0.457 e. The highest BCUT2D eigenvalue weighted by molar-refractivity contribution is 5.92. The van der Waals surface area contributed by atoms with E-state index in [1.54, 1.807) is 24.3 Å². The topological polar surface area (TPSA) is 116 Å². The number of methoxy groups -OCH3 is 1. The highest BCUT2D eigenvalue weighted by atomic mass is 16.5. The molecule has 0 aliphatic rings. The quantitative estimate of drug-likeness (QED) is 0.651. The third-order valence-electron chi connectivity index (χ3n) is 3.90. The van der Waals surface area contributed by atoms with Crippen molar-refractivity contribution in [3.8, 4) is 11.5 Å². The summed E-state index contributed by atoms with van der Waals surface area (Å²) in [7, 11) is 3.05. The zero-order valence-corrected chi connectivity index (χ0v) is 15.6. The lowest BCUT2D eigenvalue weighted by Gasteiger charge is -2.14. The fourth-order valence-electron chi connectivity index (χ4n) is 2.32. The standard InChI is InChI=1S/C19H24N4O4/c1-12-4-5-13(23-18(24)10-15(11-20)26-3)8-17(12)27-14-6-7-22-16(9-14)19(25)21-2/h4-9,15H,10-11,20H2,1-3H3,(H,21,25)(H,23,24). The molecule has 2 amide bonds. The number of rotatable bonds is 8. The first-order chi connectivity index (χ1) is 13.0. The van der Waals surface area contributed by atoms with Gasteiger partial charge in [0, 0.05) is 44.7 Å². The second-order valence-corrected chi connectivity index (χ2v) is 5.88. The van der Waals surface area contributed by atoms with E-state index in [-0.39, 0.29) is 36.6 Å². The molecule has 2 aromatic rings. The molecule has 8 heteroatoms. The Bertz CT molecular complexity index is 806. The minimum atomic E-state index is -0.328. The van der Waals surface area contributed by atoms with E-state index in [9.17, 15) is 9.59 Å². The summed E-state index contributed by atoms with van der Waals surface area (Å²) < 4.78 is 11.0. The van der Waals surface area contributed by atoms with E-state index in [4.69, 9.17) is 15.2 Å². The van der Waals surface area contributed by atoms with Gasteiger partial charge in [0.15, 0.2) is 0 Å². The zero-order valence-electron chi connectivity index (χ0n) is 15.6. The largest absolute Gasteiger partial charge is 0.457 e. The fraction of sp³-hybridized carbons (Fsp3) is 0.316. The molecule has 0 radical (unpaired) electrons. The van der Waals surface area contributed by atoms with Crippen molar-refractivity contribution in [3.63, 3.8) is 0 Å². The van der Waals surface area contributed by atoms with E-state index < -0.39 is 0 Å². The van der Waals surface area contributed by atoms with E-state index in [1.807, 2.05) is 13.0 Å². The van der Waals surface area contributed by atoms with E-state index in [0.717, 1.165) is 5.56 Å². The van der Waals surface area contributed by atoms with Crippen molar-refractivity contribution in [2.45, 2.75) is 19.4 Å². The number of ether oxygens (including phenoxy) is 2. The maximum atomic E-state index is 12.1. The average molecular weight is 372 g/mol. The summed E-state index contributed by atoms with van der Waals surface area (Å²) in [6.07, 6.45) is 1.33. The van der Waals surface area contributed by atoms with Crippen molar-refractivity contribution in [1.29, 1.82) is 0 Å². The Balaban J connectivity index is 2.13. The molecular weight excluding hydrogens is 348 g/mol. The van der Waals surface area contributed by atoms with Gasteiger partial charge in [-0.15, -0.1) is 0 Å². The number of amides is 2. The molecule has 0 saturated carbocycles. The van der Waals surface area contributed by atoms with Crippen LogP contribution in [0.5, 0.6) is 11.5 Å². The van der Waals surface area contributed by atoms with Crippen LogP contribution in [-0.2, 0) is 9.53 Å². The molecule has 0 aliphatic heterocycles. The number of aryl methyl sites for hydroxylation is 1. The van der Waals surface area contributed by atoms with E-state index in [1.165, 1.54) is 20.4 Å². The molecule has 1 unspecified atom stereocenters. The maximum Gasteiger partial charge on any atom is 0.269 e. The molecule has 0 saturated heterocycles. The Kier molecular flexibility index (Phi) is 7.27. The summed E-state index contributed by atoms with van der Waals surface area (Å²) in [5, 5.41) is 5.32. The van der Waals surface area contributed by atoms with Crippen LogP contribution in [0.1, 0.15) is 22.5 Å². The SMILES string of the molecule is CNC(=O)c1cc(Oc2cc(NC(=O)CC(CN)OC)ccc2C)ccn1. The summed E-state index contributed by atoms with van der Waals surface area (Å²) in [5.74, 6) is 0.528. The Morgan fingerprint density at radius 2 is 2.04 bits per heavy atom. The molecule has 0 aliphatic carbocycles. The zero-order chi connectivity index (χ0) is 19.8. The molecular formula is C19H24N4O4. The molecule has 1 aromatic carbocycles. The molecule has 2 rings (SSSR count). The number of hydrogen-bond donors (Lipinski definition) is 3. The molecule has 1 heterocycles. The van der Waals surface area contributed by atoms with Gasteiger partial charge in [0.1, 0.15) is 17.2 Å². The monoisotopic (exact) mass is 372 g/mol. The number of nitrogens with zero attached hydrogens (tertiary/aromatic N) is 1. The molecule has 1 atom stereocenters. The summed E-state index contributed by atoms with van der Waals surface area (Å²) in [6, 6.07) is 8.54.